The molecule has 0 aliphatic carbocycles. The van der Waals surface area contributed by atoms with E-state index in [-0.39, 0.29) is 5.41 Å². The molecule has 0 unspecified atom stereocenters. The third-order valence-electron chi connectivity index (χ3n) is 8.64. The van der Waals surface area contributed by atoms with Gasteiger partial charge in [0.15, 0.2) is 5.75 Å². The van der Waals surface area contributed by atoms with Gasteiger partial charge in [-0.25, -0.2) is 14.8 Å². The second kappa shape index (κ2) is 19.6. The first kappa shape index (κ1) is 42.7. The van der Waals surface area contributed by atoms with E-state index in [0.29, 0.717) is 96.7 Å². The molecule has 1 aromatic heterocycles. The van der Waals surface area contributed by atoms with Gasteiger partial charge in [0, 0.05) is 47.8 Å². The largest absolute Gasteiger partial charge is 0.497 e. The van der Waals surface area contributed by atoms with Crippen LogP contribution in [0, 0.1) is 0 Å². The lowest BCUT2D eigenvalue weighted by atomic mass is 9.86. The molecule has 1 heterocycles. The van der Waals surface area contributed by atoms with Gasteiger partial charge in [0.05, 0.1) is 63.9 Å². The second-order valence-corrected chi connectivity index (χ2v) is 17.5. The van der Waals surface area contributed by atoms with E-state index >= 15 is 0 Å². The van der Waals surface area contributed by atoms with E-state index in [1.165, 1.54) is 13.4 Å². The molecule has 3 N–H and O–H groups in total. The van der Waals surface area contributed by atoms with Gasteiger partial charge in [0.1, 0.15) is 43.1 Å². The number of hydrogen-bond donors (Lipinski definition) is 3. The van der Waals surface area contributed by atoms with Crippen molar-refractivity contribution in [2.24, 2.45) is 0 Å². The molecular weight excluding hydrogens is 749 g/mol. The molecule has 0 aliphatic heterocycles. The van der Waals surface area contributed by atoms with Crippen LogP contribution in [0.4, 0.5) is 27.7 Å². The van der Waals surface area contributed by atoms with Crippen LogP contribution in [0.1, 0.15) is 26.3 Å². The number of aromatic nitrogens is 2. The number of urea groups is 1. The van der Waals surface area contributed by atoms with Crippen LogP contribution in [-0.2, 0) is 24.2 Å². The summed E-state index contributed by atoms with van der Waals surface area (Å²) >= 11 is 0. The summed E-state index contributed by atoms with van der Waals surface area (Å²) in [7, 11) is 1.97. The third-order valence-corrected chi connectivity index (χ3v) is 10.1. The lowest BCUT2D eigenvalue weighted by molar-refractivity contribution is 0.0179. The zero-order valence-corrected chi connectivity index (χ0v) is 34.7. The quantitative estimate of drug-likeness (QED) is 0.0541. The van der Waals surface area contributed by atoms with Gasteiger partial charge >= 0.3 is 6.03 Å². The predicted molar refractivity (Wildman–Crippen MR) is 225 cm³/mol. The van der Waals surface area contributed by atoms with Crippen LogP contribution in [0.25, 0.3) is 10.8 Å². The van der Waals surface area contributed by atoms with Crippen molar-refractivity contribution in [3.63, 3.8) is 0 Å². The molecule has 0 fully saturated rings. The van der Waals surface area contributed by atoms with Crippen molar-refractivity contribution in [3.05, 3.63) is 84.7 Å². The van der Waals surface area contributed by atoms with Gasteiger partial charge in [0.2, 0.25) is 5.88 Å². The maximum Gasteiger partial charge on any atom is 0.323 e. The lowest BCUT2D eigenvalue weighted by Crippen LogP contribution is -2.23. The summed E-state index contributed by atoms with van der Waals surface area (Å²) in [6.45, 7) is 12.3. The molecule has 0 saturated carbocycles. The van der Waals surface area contributed by atoms with Crippen molar-refractivity contribution < 1.29 is 42.5 Å². The Balaban J connectivity index is 1.28. The number of nitrogens with zero attached hydrogens (tertiary/aromatic N) is 2. The molecule has 0 spiro atoms. The van der Waals surface area contributed by atoms with Crippen molar-refractivity contribution in [2.75, 3.05) is 90.3 Å². The van der Waals surface area contributed by atoms with E-state index in [1.54, 1.807) is 51.8 Å². The Morgan fingerprint density at radius 3 is 2.11 bits per heavy atom. The summed E-state index contributed by atoms with van der Waals surface area (Å²) in [6.07, 6.45) is 1.40. The fourth-order valence-corrected chi connectivity index (χ4v) is 6.90. The van der Waals surface area contributed by atoms with Crippen LogP contribution in [-0.4, -0.2) is 90.3 Å². The van der Waals surface area contributed by atoms with Gasteiger partial charge in [-0.3, -0.25) is 0 Å². The van der Waals surface area contributed by atoms with Gasteiger partial charge in [0.25, 0.3) is 0 Å². The van der Waals surface area contributed by atoms with Crippen LogP contribution in [0.15, 0.2) is 79.1 Å². The summed E-state index contributed by atoms with van der Waals surface area (Å²) in [6, 6.07) is 21.5. The zero-order chi connectivity index (χ0) is 41.0. The van der Waals surface area contributed by atoms with Gasteiger partial charge in [-0.15, -0.1) is 0 Å². The zero-order valence-electron chi connectivity index (χ0n) is 33.8. The number of nitrogens with one attached hydrogen (secondary N) is 3. The standard InChI is InChI=1S/C42H52N5O9P/c1-42(2,3)28-21-35(40(52-6)37(22-28)57(7,8)49)47-41(48)46-34-13-14-36(33-12-10-9-11-32(33)34)56-39-26-38(43-27-44-39)45-29-23-30(51-5)25-31(24-29)55-20-19-54-18-17-53-16-15-50-4/h9-14,21-27H,15-20H2,1-8H3,(H,43,44,45)(H2,46,47,48). The van der Waals surface area contributed by atoms with Crippen LogP contribution in [0.2, 0.25) is 0 Å². The summed E-state index contributed by atoms with van der Waals surface area (Å²) in [5.74, 6) is 2.85. The molecule has 0 saturated heterocycles. The average Bonchev–Trinajstić information content (AvgIpc) is 3.17. The highest BCUT2D eigenvalue weighted by Crippen LogP contribution is 2.43. The third kappa shape index (κ3) is 12.0. The van der Waals surface area contributed by atoms with E-state index in [1.807, 2.05) is 48.5 Å². The molecule has 0 bridgehead atoms. The van der Waals surface area contributed by atoms with Crippen LogP contribution in [0.3, 0.4) is 0 Å². The number of anilines is 4. The highest BCUT2D eigenvalue weighted by atomic mass is 31.2. The minimum absolute atomic E-state index is 0.264. The van der Waals surface area contributed by atoms with Gasteiger partial charge in [-0.2, -0.15) is 0 Å². The summed E-state index contributed by atoms with van der Waals surface area (Å²) < 4.78 is 52.6. The number of benzene rings is 4. The summed E-state index contributed by atoms with van der Waals surface area (Å²) in [5.41, 5.74) is 2.32. The number of carbonyl (C=O) groups excluding carboxylic acids is 1. The first-order valence-corrected chi connectivity index (χ1v) is 21.0. The maximum atomic E-state index is 13.5. The number of rotatable bonds is 19. The molecule has 5 rings (SSSR count). The topological polar surface area (TPSA) is 161 Å². The minimum Gasteiger partial charge on any atom is -0.497 e. The monoisotopic (exact) mass is 801 g/mol. The van der Waals surface area contributed by atoms with Crippen LogP contribution in [0.5, 0.6) is 28.9 Å². The molecule has 5 aromatic rings. The van der Waals surface area contributed by atoms with Crippen LogP contribution < -0.4 is 40.2 Å². The first-order chi connectivity index (χ1) is 27.3. The van der Waals surface area contributed by atoms with E-state index in [4.69, 9.17) is 33.2 Å². The predicted octanol–water partition coefficient (Wildman–Crippen LogP) is 8.43. The van der Waals surface area contributed by atoms with Gasteiger partial charge in [-0.1, -0.05) is 45.0 Å². The van der Waals surface area contributed by atoms with Crippen molar-refractivity contribution in [1.82, 2.24) is 9.97 Å². The molecule has 304 valence electrons. The van der Waals surface area contributed by atoms with E-state index in [0.717, 1.165) is 16.3 Å². The first-order valence-electron chi connectivity index (χ1n) is 18.4. The fourth-order valence-electron chi connectivity index (χ4n) is 5.75. The lowest BCUT2D eigenvalue weighted by Gasteiger charge is -2.25. The van der Waals surface area contributed by atoms with Crippen molar-refractivity contribution in [3.8, 4) is 28.9 Å². The number of ether oxygens (including phenoxy) is 7. The minimum atomic E-state index is -2.75. The fraction of sp³-hybridized carbons (Fsp3) is 0.357. The van der Waals surface area contributed by atoms with Gasteiger partial charge in [-0.05, 0) is 48.6 Å². The molecule has 2 amide bonds. The number of amides is 2. The normalized spacial score (nSPS) is 11.6. The highest BCUT2D eigenvalue weighted by Gasteiger charge is 2.26. The van der Waals surface area contributed by atoms with Crippen LogP contribution >= 0.6 is 7.14 Å². The van der Waals surface area contributed by atoms with E-state index in [9.17, 15) is 9.36 Å². The number of hydrogen-bond acceptors (Lipinski definition) is 12. The summed E-state index contributed by atoms with van der Waals surface area (Å²) in [4.78, 5) is 22.3. The Kier molecular flexibility index (Phi) is 14.7. The molecule has 4 aromatic carbocycles. The molecule has 15 heteroatoms. The molecule has 14 nitrogen and oxygen atoms in total. The number of fused-ring (bicyclic) bond motifs is 1. The highest BCUT2D eigenvalue weighted by molar-refractivity contribution is 7.70. The Labute approximate surface area is 333 Å². The Morgan fingerprint density at radius 1 is 0.737 bits per heavy atom. The SMILES string of the molecule is COCCOCCOCCOc1cc(Nc2cc(Oc3ccc(NC(=O)Nc4cc(C(C)(C)C)cc(P(C)(C)=O)c4OC)c4ccccc34)ncn2)cc(OC)c1. The Bertz CT molecular complexity index is 2190. The number of methoxy groups -OCH3 is 3. The smallest absolute Gasteiger partial charge is 0.323 e. The Morgan fingerprint density at radius 2 is 1.42 bits per heavy atom. The molecular formula is C42H52N5O9P. The van der Waals surface area contributed by atoms with Gasteiger partial charge < -0.3 is 53.7 Å². The second-order valence-electron chi connectivity index (χ2n) is 14.3. The molecule has 57 heavy (non-hydrogen) atoms. The molecule has 0 atom stereocenters. The van der Waals surface area contributed by atoms with E-state index in [2.05, 4.69) is 46.7 Å². The summed E-state index contributed by atoms with van der Waals surface area (Å²) in [5, 5.41) is 11.2. The Hall–Kier alpha value is -5.40. The van der Waals surface area contributed by atoms with E-state index < -0.39 is 13.2 Å². The molecule has 0 radical (unpaired) electrons. The van der Waals surface area contributed by atoms with Crippen molar-refractivity contribution >= 4 is 52.1 Å². The van der Waals surface area contributed by atoms with Crippen molar-refractivity contribution in [2.45, 2.75) is 26.2 Å². The maximum absolute atomic E-state index is 13.5. The molecule has 0 aliphatic rings. The van der Waals surface area contributed by atoms with Crippen molar-refractivity contribution in [1.29, 1.82) is 0 Å². The number of carbonyl (C=O) groups is 1. The average molecular weight is 802 g/mol.